The third kappa shape index (κ3) is 3.42. The second kappa shape index (κ2) is 5.58. The van der Waals surface area contributed by atoms with Crippen molar-refractivity contribution in [2.75, 3.05) is 20.1 Å². The van der Waals surface area contributed by atoms with E-state index in [4.69, 9.17) is 0 Å². The van der Waals surface area contributed by atoms with Gasteiger partial charge in [0.25, 0.3) is 0 Å². The molecule has 0 aromatic rings. The number of carbonyl (C=O) groups excluding carboxylic acids is 2. The highest BCUT2D eigenvalue weighted by Crippen LogP contribution is 2.09. The van der Waals surface area contributed by atoms with Crippen molar-refractivity contribution >= 4 is 11.9 Å². The Morgan fingerprint density at radius 2 is 1.80 bits per heavy atom. The van der Waals surface area contributed by atoms with Crippen LogP contribution >= 0.6 is 0 Å². The van der Waals surface area contributed by atoms with Gasteiger partial charge in [-0.15, -0.1) is 0 Å². The molecule has 1 aliphatic rings. The molecule has 0 aromatic carbocycles. The quantitative estimate of drug-likeness (QED) is 0.693. The van der Waals surface area contributed by atoms with E-state index < -0.39 is 6.04 Å². The van der Waals surface area contributed by atoms with Crippen molar-refractivity contribution in [3.8, 4) is 0 Å². The molecule has 0 aromatic heterocycles. The normalized spacial score (nSPS) is 18.1. The molecule has 3 amide bonds. The summed E-state index contributed by atoms with van der Waals surface area (Å²) in [5.74, 6) is 0.0123. The summed E-state index contributed by atoms with van der Waals surface area (Å²) in [5.41, 5.74) is 0. The number of piperidine rings is 1. The minimum atomic E-state index is -0.442. The number of hydrogen-bond acceptors (Lipinski definition) is 2. The highest BCUT2D eigenvalue weighted by atomic mass is 16.2. The van der Waals surface area contributed by atoms with E-state index in [9.17, 15) is 9.59 Å². The van der Waals surface area contributed by atoms with Gasteiger partial charge in [-0.25, -0.2) is 4.79 Å². The molecule has 1 heterocycles. The second-order valence-electron chi connectivity index (χ2n) is 3.83. The fourth-order valence-electron chi connectivity index (χ4n) is 1.72. The molecule has 0 unspecified atom stereocenters. The Labute approximate surface area is 90.2 Å². The van der Waals surface area contributed by atoms with Gasteiger partial charge in [-0.3, -0.25) is 4.79 Å². The van der Waals surface area contributed by atoms with Crippen molar-refractivity contribution < 1.29 is 9.59 Å². The Bertz CT molecular complexity index is 237. The summed E-state index contributed by atoms with van der Waals surface area (Å²) >= 11 is 0. The summed E-state index contributed by atoms with van der Waals surface area (Å²) in [4.78, 5) is 24.7. The Morgan fingerprint density at radius 3 is 2.33 bits per heavy atom. The molecule has 0 saturated carbocycles. The molecule has 1 fully saturated rings. The van der Waals surface area contributed by atoms with E-state index in [-0.39, 0.29) is 11.9 Å². The van der Waals surface area contributed by atoms with Crippen LogP contribution in [0.4, 0.5) is 4.79 Å². The summed E-state index contributed by atoms with van der Waals surface area (Å²) in [6.07, 6.45) is 3.33. The Balaban J connectivity index is 2.40. The predicted octanol–water partition coefficient (Wildman–Crippen LogP) is 0.316. The molecule has 86 valence electrons. The summed E-state index contributed by atoms with van der Waals surface area (Å²) in [5, 5.41) is 5.02. The zero-order valence-corrected chi connectivity index (χ0v) is 9.38. The Hall–Kier alpha value is -1.26. The van der Waals surface area contributed by atoms with E-state index in [0.29, 0.717) is 0 Å². The molecule has 5 heteroatoms. The average molecular weight is 213 g/mol. The van der Waals surface area contributed by atoms with Crippen molar-refractivity contribution in [1.82, 2.24) is 15.5 Å². The average Bonchev–Trinajstić information content (AvgIpc) is 2.29. The van der Waals surface area contributed by atoms with Gasteiger partial charge in [-0.05, 0) is 26.2 Å². The van der Waals surface area contributed by atoms with Crippen LogP contribution in [0.2, 0.25) is 0 Å². The molecule has 1 aliphatic heterocycles. The zero-order chi connectivity index (χ0) is 11.3. The van der Waals surface area contributed by atoms with Crippen molar-refractivity contribution in [2.45, 2.75) is 32.2 Å². The largest absolute Gasteiger partial charge is 0.341 e. The standard InChI is InChI=1S/C10H19N3O2/c1-8(12-10(15)11-2)9(14)13-6-4-3-5-7-13/h8H,3-7H2,1-2H3,(H2,11,12,15)/t8-/m0/s1. The first-order chi connectivity index (χ1) is 7.15. The molecule has 15 heavy (non-hydrogen) atoms. The van der Waals surface area contributed by atoms with E-state index in [1.165, 1.54) is 13.5 Å². The van der Waals surface area contributed by atoms with Crippen molar-refractivity contribution in [3.05, 3.63) is 0 Å². The fraction of sp³-hybridized carbons (Fsp3) is 0.800. The lowest BCUT2D eigenvalue weighted by atomic mass is 10.1. The lowest BCUT2D eigenvalue weighted by Crippen LogP contribution is -2.50. The summed E-state index contributed by atoms with van der Waals surface area (Å²) in [6, 6.07) is -0.754. The van der Waals surface area contributed by atoms with E-state index in [2.05, 4.69) is 10.6 Å². The SMILES string of the molecule is CNC(=O)N[C@@H](C)C(=O)N1CCCCC1. The predicted molar refractivity (Wildman–Crippen MR) is 57.5 cm³/mol. The minimum absolute atomic E-state index is 0.0123. The summed E-state index contributed by atoms with van der Waals surface area (Å²) in [7, 11) is 1.54. The highest BCUT2D eigenvalue weighted by Gasteiger charge is 2.22. The summed E-state index contributed by atoms with van der Waals surface area (Å²) < 4.78 is 0. The number of likely N-dealkylation sites (tertiary alicyclic amines) is 1. The number of carbonyl (C=O) groups is 2. The molecule has 1 rings (SSSR count). The molecule has 0 radical (unpaired) electrons. The van der Waals surface area contributed by atoms with E-state index >= 15 is 0 Å². The topological polar surface area (TPSA) is 61.4 Å². The maximum atomic E-state index is 11.8. The van der Waals surface area contributed by atoms with Crippen LogP contribution in [0.3, 0.4) is 0 Å². The third-order valence-corrected chi connectivity index (χ3v) is 2.61. The van der Waals surface area contributed by atoms with Gasteiger partial charge in [0, 0.05) is 20.1 Å². The minimum Gasteiger partial charge on any atom is -0.341 e. The molecule has 0 aliphatic carbocycles. The van der Waals surface area contributed by atoms with Crippen LogP contribution in [0.25, 0.3) is 0 Å². The molecule has 5 nitrogen and oxygen atoms in total. The van der Waals surface area contributed by atoms with Gasteiger partial charge in [0.05, 0.1) is 0 Å². The van der Waals surface area contributed by atoms with Gasteiger partial charge in [0.15, 0.2) is 0 Å². The maximum absolute atomic E-state index is 11.8. The lowest BCUT2D eigenvalue weighted by Gasteiger charge is -2.29. The maximum Gasteiger partial charge on any atom is 0.315 e. The molecular formula is C10H19N3O2. The monoisotopic (exact) mass is 213 g/mol. The van der Waals surface area contributed by atoms with Crippen LogP contribution in [-0.2, 0) is 4.79 Å². The van der Waals surface area contributed by atoms with Gasteiger partial charge in [0.1, 0.15) is 6.04 Å². The molecule has 1 atom stereocenters. The van der Waals surface area contributed by atoms with E-state index in [1.54, 1.807) is 6.92 Å². The Morgan fingerprint density at radius 1 is 1.20 bits per heavy atom. The van der Waals surface area contributed by atoms with Crippen LogP contribution in [0.5, 0.6) is 0 Å². The molecule has 0 bridgehead atoms. The number of hydrogen-bond donors (Lipinski definition) is 2. The van der Waals surface area contributed by atoms with Gasteiger partial charge in [-0.2, -0.15) is 0 Å². The summed E-state index contributed by atoms with van der Waals surface area (Å²) in [6.45, 7) is 3.35. The zero-order valence-electron chi connectivity index (χ0n) is 9.38. The number of amides is 3. The van der Waals surface area contributed by atoms with Gasteiger partial charge in [0.2, 0.25) is 5.91 Å². The van der Waals surface area contributed by atoms with Crippen LogP contribution < -0.4 is 10.6 Å². The van der Waals surface area contributed by atoms with Crippen LogP contribution in [0.1, 0.15) is 26.2 Å². The van der Waals surface area contributed by atoms with E-state index in [1.807, 2.05) is 4.90 Å². The highest BCUT2D eigenvalue weighted by molar-refractivity contribution is 5.86. The van der Waals surface area contributed by atoms with Crippen LogP contribution in [-0.4, -0.2) is 43.0 Å². The lowest BCUT2D eigenvalue weighted by molar-refractivity contribution is -0.133. The smallest absolute Gasteiger partial charge is 0.315 e. The van der Waals surface area contributed by atoms with Crippen molar-refractivity contribution in [1.29, 1.82) is 0 Å². The number of nitrogens with zero attached hydrogens (tertiary/aromatic N) is 1. The number of nitrogens with one attached hydrogen (secondary N) is 2. The van der Waals surface area contributed by atoms with E-state index in [0.717, 1.165) is 25.9 Å². The van der Waals surface area contributed by atoms with Crippen LogP contribution in [0.15, 0.2) is 0 Å². The second-order valence-corrected chi connectivity index (χ2v) is 3.83. The van der Waals surface area contributed by atoms with Crippen molar-refractivity contribution in [3.63, 3.8) is 0 Å². The third-order valence-electron chi connectivity index (χ3n) is 2.61. The van der Waals surface area contributed by atoms with Gasteiger partial charge >= 0.3 is 6.03 Å². The fourth-order valence-corrected chi connectivity index (χ4v) is 1.72. The molecule has 1 saturated heterocycles. The van der Waals surface area contributed by atoms with Gasteiger partial charge < -0.3 is 15.5 Å². The Kier molecular flexibility index (Phi) is 4.39. The number of urea groups is 1. The molecule has 0 spiro atoms. The van der Waals surface area contributed by atoms with Crippen LogP contribution in [0, 0.1) is 0 Å². The molecular weight excluding hydrogens is 194 g/mol. The first kappa shape index (κ1) is 11.8. The first-order valence-corrected chi connectivity index (χ1v) is 5.42. The van der Waals surface area contributed by atoms with Crippen molar-refractivity contribution in [2.24, 2.45) is 0 Å². The molecule has 2 N–H and O–H groups in total. The van der Waals surface area contributed by atoms with Gasteiger partial charge in [-0.1, -0.05) is 0 Å². The first-order valence-electron chi connectivity index (χ1n) is 5.42. The number of rotatable bonds is 2.